The number of ether oxygens (including phenoxy) is 3. The monoisotopic (exact) mass is 573 g/mol. The van der Waals surface area contributed by atoms with E-state index in [9.17, 15) is 28.0 Å². The summed E-state index contributed by atoms with van der Waals surface area (Å²) in [4.78, 5) is 25.8. The highest BCUT2D eigenvalue weighted by Gasteiger charge is 2.38. The molecule has 1 amide bonds. The standard InChI is InChI=1S/C28H26F3N3O5S/c1-37-21-11-15(12-22(38-2)26(21)39-3)24-16(13-32)27(34-19-9-6-10-20(35)25(19)24)40-14-23(36)33-18-8-5-4-7-17(18)28(29,30)31/h4-5,7-8,11-12,24,34H,6,9-10,14H2,1-3H3,(H,33,36)/t24-/m1/s1. The number of nitrogens with zero attached hydrogens (tertiary/aromatic N) is 1. The van der Waals surface area contributed by atoms with Crippen LogP contribution in [0, 0.1) is 11.3 Å². The molecule has 1 aliphatic heterocycles. The summed E-state index contributed by atoms with van der Waals surface area (Å²) in [7, 11) is 4.37. The molecule has 2 aromatic rings. The van der Waals surface area contributed by atoms with Crippen molar-refractivity contribution in [2.24, 2.45) is 0 Å². The number of para-hydroxylation sites is 1. The highest BCUT2D eigenvalue weighted by Crippen LogP contribution is 2.48. The Morgan fingerprint density at radius 3 is 2.40 bits per heavy atom. The lowest BCUT2D eigenvalue weighted by atomic mass is 9.76. The number of benzene rings is 2. The fourth-order valence-corrected chi connectivity index (χ4v) is 5.66. The number of carbonyl (C=O) groups excluding carboxylic acids is 2. The third-order valence-electron chi connectivity index (χ3n) is 6.54. The largest absolute Gasteiger partial charge is 0.493 e. The number of allylic oxidation sites excluding steroid dienone is 3. The molecular formula is C28H26F3N3O5S. The van der Waals surface area contributed by atoms with Crippen molar-refractivity contribution in [1.82, 2.24) is 5.32 Å². The van der Waals surface area contributed by atoms with E-state index in [-0.39, 0.29) is 22.8 Å². The van der Waals surface area contributed by atoms with Crippen LogP contribution in [0.1, 0.15) is 36.3 Å². The van der Waals surface area contributed by atoms with E-state index in [4.69, 9.17) is 14.2 Å². The van der Waals surface area contributed by atoms with Crippen LogP contribution in [0.4, 0.5) is 18.9 Å². The number of nitriles is 1. The summed E-state index contributed by atoms with van der Waals surface area (Å²) < 4.78 is 56.4. The molecule has 1 atom stereocenters. The van der Waals surface area contributed by atoms with Crippen molar-refractivity contribution >= 4 is 29.1 Å². The van der Waals surface area contributed by atoms with Crippen LogP contribution >= 0.6 is 11.8 Å². The van der Waals surface area contributed by atoms with Crippen LogP contribution in [0.2, 0.25) is 0 Å². The highest BCUT2D eigenvalue weighted by molar-refractivity contribution is 8.03. The van der Waals surface area contributed by atoms with Crippen molar-refractivity contribution in [2.75, 3.05) is 32.4 Å². The Morgan fingerprint density at radius 1 is 1.12 bits per heavy atom. The van der Waals surface area contributed by atoms with Crippen LogP contribution in [0.25, 0.3) is 0 Å². The number of anilines is 1. The number of rotatable bonds is 8. The average molecular weight is 574 g/mol. The highest BCUT2D eigenvalue weighted by atomic mass is 32.2. The molecule has 4 rings (SSSR count). The second kappa shape index (κ2) is 12.0. The molecule has 0 fully saturated rings. The molecule has 210 valence electrons. The lowest BCUT2D eigenvalue weighted by Crippen LogP contribution is -2.31. The minimum atomic E-state index is -4.64. The van der Waals surface area contributed by atoms with Crippen molar-refractivity contribution in [3.05, 3.63) is 69.4 Å². The number of hydrogen-bond acceptors (Lipinski definition) is 8. The molecule has 0 aromatic heterocycles. The Bertz CT molecular complexity index is 1420. The molecule has 8 nitrogen and oxygen atoms in total. The molecule has 2 aliphatic rings. The average Bonchev–Trinajstić information content (AvgIpc) is 2.94. The van der Waals surface area contributed by atoms with E-state index in [0.717, 1.165) is 17.8 Å². The quantitative estimate of drug-likeness (QED) is 0.424. The van der Waals surface area contributed by atoms with Gasteiger partial charge in [-0.1, -0.05) is 23.9 Å². The van der Waals surface area contributed by atoms with E-state index in [1.54, 1.807) is 12.1 Å². The maximum absolute atomic E-state index is 13.4. The van der Waals surface area contributed by atoms with Crippen molar-refractivity contribution < 1.29 is 37.0 Å². The zero-order valence-corrected chi connectivity index (χ0v) is 22.7. The van der Waals surface area contributed by atoms with Crippen molar-refractivity contribution in [3.8, 4) is 23.3 Å². The molecule has 0 bridgehead atoms. The summed E-state index contributed by atoms with van der Waals surface area (Å²) in [6, 6.07) is 10.2. The molecule has 0 saturated heterocycles. The zero-order valence-electron chi connectivity index (χ0n) is 21.9. The minimum Gasteiger partial charge on any atom is -0.493 e. The number of nitrogens with one attached hydrogen (secondary N) is 2. The van der Waals surface area contributed by atoms with E-state index in [2.05, 4.69) is 16.7 Å². The van der Waals surface area contributed by atoms with Crippen LogP contribution in [0.5, 0.6) is 17.2 Å². The molecule has 1 aliphatic carbocycles. The van der Waals surface area contributed by atoms with Crippen LogP contribution in [0.15, 0.2) is 58.3 Å². The summed E-state index contributed by atoms with van der Waals surface area (Å²) in [6.45, 7) is 0. The fourth-order valence-electron chi connectivity index (χ4n) is 4.80. The van der Waals surface area contributed by atoms with Gasteiger partial charge in [0, 0.05) is 17.7 Å². The van der Waals surface area contributed by atoms with Gasteiger partial charge < -0.3 is 24.8 Å². The Morgan fingerprint density at radius 2 is 1.80 bits per heavy atom. The summed E-state index contributed by atoms with van der Waals surface area (Å²) in [5.41, 5.74) is 0.516. The molecule has 1 heterocycles. The van der Waals surface area contributed by atoms with E-state index >= 15 is 0 Å². The maximum atomic E-state index is 13.4. The van der Waals surface area contributed by atoms with Gasteiger partial charge in [-0.3, -0.25) is 9.59 Å². The molecule has 0 radical (unpaired) electrons. The van der Waals surface area contributed by atoms with Crippen molar-refractivity contribution in [1.29, 1.82) is 5.26 Å². The fraction of sp³-hybridized carbons (Fsp3) is 0.321. The van der Waals surface area contributed by atoms with Gasteiger partial charge in [-0.05, 0) is 42.7 Å². The van der Waals surface area contributed by atoms with Gasteiger partial charge in [-0.2, -0.15) is 18.4 Å². The summed E-state index contributed by atoms with van der Waals surface area (Å²) in [5.74, 6) is -0.815. The number of halogens is 3. The first-order valence-corrected chi connectivity index (χ1v) is 13.2. The Hall–Kier alpha value is -4.11. The van der Waals surface area contributed by atoms with Crippen LogP contribution < -0.4 is 24.8 Å². The summed E-state index contributed by atoms with van der Waals surface area (Å²) in [5, 5.41) is 16.0. The van der Waals surface area contributed by atoms with E-state index in [1.165, 1.54) is 39.5 Å². The third kappa shape index (κ3) is 5.74. The van der Waals surface area contributed by atoms with Crippen molar-refractivity contribution in [3.63, 3.8) is 0 Å². The van der Waals surface area contributed by atoms with Gasteiger partial charge >= 0.3 is 6.18 Å². The van der Waals surface area contributed by atoms with Gasteiger partial charge in [0.2, 0.25) is 11.7 Å². The van der Waals surface area contributed by atoms with Gasteiger partial charge in [-0.25, -0.2) is 0 Å². The van der Waals surface area contributed by atoms with Crippen molar-refractivity contribution in [2.45, 2.75) is 31.4 Å². The predicted molar refractivity (Wildman–Crippen MR) is 143 cm³/mol. The number of ketones is 1. The molecular weight excluding hydrogens is 547 g/mol. The summed E-state index contributed by atoms with van der Waals surface area (Å²) >= 11 is 0.974. The van der Waals surface area contributed by atoms with Gasteiger partial charge in [-0.15, -0.1) is 0 Å². The Labute approximate surface area is 233 Å². The van der Waals surface area contributed by atoms with Gasteiger partial charge in [0.1, 0.15) is 0 Å². The molecule has 0 unspecified atom stereocenters. The number of Topliss-reactive ketones (excluding diaryl/α,β-unsaturated/α-hetero) is 1. The Balaban J connectivity index is 1.70. The number of methoxy groups -OCH3 is 3. The number of amides is 1. The second-order valence-corrected chi connectivity index (χ2v) is 9.91. The SMILES string of the molecule is COc1cc([C@@H]2C(C#N)=C(SCC(=O)Nc3ccccc3C(F)(F)F)NC3=C2C(=O)CCC3)cc(OC)c1OC. The van der Waals surface area contributed by atoms with Crippen LogP contribution in [0.3, 0.4) is 0 Å². The zero-order chi connectivity index (χ0) is 29.0. The minimum absolute atomic E-state index is 0.106. The molecule has 0 spiro atoms. The van der Waals surface area contributed by atoms with E-state index in [1.807, 2.05) is 0 Å². The molecule has 0 saturated carbocycles. The van der Waals surface area contributed by atoms with E-state index in [0.29, 0.717) is 58.4 Å². The van der Waals surface area contributed by atoms with Gasteiger partial charge in [0.15, 0.2) is 17.3 Å². The smallest absolute Gasteiger partial charge is 0.418 e. The third-order valence-corrected chi connectivity index (χ3v) is 7.55. The predicted octanol–water partition coefficient (Wildman–Crippen LogP) is 5.53. The first kappa shape index (κ1) is 28.9. The number of hydrogen-bond donors (Lipinski definition) is 2. The molecule has 40 heavy (non-hydrogen) atoms. The topological polar surface area (TPSA) is 110 Å². The second-order valence-electron chi connectivity index (χ2n) is 8.92. The van der Waals surface area contributed by atoms with E-state index < -0.39 is 23.6 Å². The number of carbonyl (C=O) groups is 2. The maximum Gasteiger partial charge on any atom is 0.418 e. The number of dihydropyridines is 1. The van der Waals surface area contributed by atoms with Crippen LogP contribution in [-0.4, -0.2) is 38.8 Å². The molecule has 2 N–H and O–H groups in total. The normalized spacial score (nSPS) is 17.0. The lowest BCUT2D eigenvalue weighted by Gasteiger charge is -2.33. The summed E-state index contributed by atoms with van der Waals surface area (Å²) in [6.07, 6.45) is -3.15. The number of alkyl halides is 3. The molecule has 2 aromatic carbocycles. The first-order chi connectivity index (χ1) is 19.1. The number of thioether (sulfide) groups is 1. The Kier molecular flexibility index (Phi) is 8.64. The van der Waals surface area contributed by atoms with Gasteiger partial charge in [0.05, 0.1) is 60.9 Å². The van der Waals surface area contributed by atoms with Crippen LogP contribution in [-0.2, 0) is 15.8 Å². The van der Waals surface area contributed by atoms with Gasteiger partial charge in [0.25, 0.3) is 0 Å². The molecule has 12 heteroatoms. The lowest BCUT2D eigenvalue weighted by molar-refractivity contribution is -0.137. The first-order valence-electron chi connectivity index (χ1n) is 12.2.